The Labute approximate surface area is 183 Å². The summed E-state index contributed by atoms with van der Waals surface area (Å²) in [5, 5.41) is 16.7. The summed E-state index contributed by atoms with van der Waals surface area (Å²) in [5.74, 6) is -0.0101. The Morgan fingerprint density at radius 3 is 2.19 bits per heavy atom. The summed E-state index contributed by atoms with van der Waals surface area (Å²) in [6.45, 7) is 13.2. The number of hydrogen-bond acceptors (Lipinski definition) is 6. The maximum atomic E-state index is 11.9. The molecule has 1 atom stereocenters. The summed E-state index contributed by atoms with van der Waals surface area (Å²) >= 11 is 0. The van der Waals surface area contributed by atoms with E-state index in [1.165, 1.54) is 6.20 Å². The number of rotatable bonds is 5. The fraction of sp³-hybridized carbons (Fsp3) is 0.522. The van der Waals surface area contributed by atoms with Crippen LogP contribution >= 0.6 is 0 Å². The van der Waals surface area contributed by atoms with Crippen LogP contribution in [0.3, 0.4) is 0 Å². The molecule has 0 aliphatic rings. The second-order valence-electron chi connectivity index (χ2n) is 9.51. The van der Waals surface area contributed by atoms with Gasteiger partial charge in [-0.2, -0.15) is 0 Å². The fourth-order valence-corrected chi connectivity index (χ4v) is 2.94. The lowest BCUT2D eigenvalue weighted by Gasteiger charge is -2.21. The van der Waals surface area contributed by atoms with E-state index in [1.807, 2.05) is 39.8 Å². The van der Waals surface area contributed by atoms with E-state index in [-0.39, 0.29) is 18.2 Å². The maximum absolute atomic E-state index is 11.9. The topological polar surface area (TPSA) is 110 Å². The molecule has 2 rings (SSSR count). The minimum absolute atomic E-state index is 0.0511. The van der Waals surface area contributed by atoms with Crippen LogP contribution in [-0.4, -0.2) is 40.0 Å². The lowest BCUT2D eigenvalue weighted by atomic mass is 9.97. The lowest BCUT2D eigenvalue weighted by molar-refractivity contribution is 0.0512. The van der Waals surface area contributed by atoms with E-state index in [1.54, 1.807) is 26.8 Å². The number of carbonyl (C=O) groups is 2. The Hall–Kier alpha value is -3.03. The predicted molar refractivity (Wildman–Crippen MR) is 119 cm³/mol. The molecule has 8 nitrogen and oxygen atoms in total. The predicted octanol–water partition coefficient (Wildman–Crippen LogP) is 4.59. The average Bonchev–Trinajstić information content (AvgIpc) is 2.62. The molecule has 0 fully saturated rings. The quantitative estimate of drug-likeness (QED) is 0.639. The number of amides is 2. The van der Waals surface area contributed by atoms with Crippen molar-refractivity contribution in [1.82, 2.24) is 15.6 Å². The van der Waals surface area contributed by atoms with Gasteiger partial charge >= 0.3 is 12.2 Å². The molecular weight excluding hydrogens is 398 g/mol. The second kappa shape index (κ2) is 9.41. The number of benzene rings is 1. The zero-order valence-corrected chi connectivity index (χ0v) is 19.3. The summed E-state index contributed by atoms with van der Waals surface area (Å²) in [7, 11) is 0. The normalized spacial score (nSPS) is 12.9. The van der Waals surface area contributed by atoms with Gasteiger partial charge in [0.05, 0.1) is 12.1 Å². The van der Waals surface area contributed by atoms with Crippen LogP contribution in [-0.2, 0) is 16.0 Å². The van der Waals surface area contributed by atoms with Crippen LogP contribution < -0.4 is 10.6 Å². The van der Waals surface area contributed by atoms with Gasteiger partial charge in [0, 0.05) is 29.6 Å². The van der Waals surface area contributed by atoms with Gasteiger partial charge in [-0.15, -0.1) is 0 Å². The number of pyridine rings is 1. The highest BCUT2D eigenvalue weighted by atomic mass is 16.6. The molecular formula is C23H33N3O5. The number of nitrogens with zero attached hydrogens (tertiary/aromatic N) is 1. The van der Waals surface area contributed by atoms with Crippen LogP contribution in [0.2, 0.25) is 0 Å². The number of para-hydroxylation sites is 1. The van der Waals surface area contributed by atoms with Crippen molar-refractivity contribution in [3.05, 3.63) is 35.5 Å². The number of aromatic hydroxyl groups is 1. The van der Waals surface area contributed by atoms with Gasteiger partial charge in [-0.1, -0.05) is 19.1 Å². The van der Waals surface area contributed by atoms with Crippen LogP contribution in [0.15, 0.2) is 24.4 Å². The van der Waals surface area contributed by atoms with E-state index in [2.05, 4.69) is 15.6 Å². The molecule has 2 amide bonds. The van der Waals surface area contributed by atoms with Gasteiger partial charge in [0.15, 0.2) is 0 Å². The first-order valence-electron chi connectivity index (χ1n) is 10.3. The lowest BCUT2D eigenvalue weighted by Crippen LogP contribution is -2.34. The maximum Gasteiger partial charge on any atom is 0.407 e. The molecule has 1 aromatic carbocycles. The van der Waals surface area contributed by atoms with E-state index in [9.17, 15) is 14.7 Å². The summed E-state index contributed by atoms with van der Waals surface area (Å²) in [6.07, 6.45) is 0.487. The van der Waals surface area contributed by atoms with E-state index >= 15 is 0 Å². The Morgan fingerprint density at radius 1 is 1.03 bits per heavy atom. The highest BCUT2D eigenvalue weighted by Crippen LogP contribution is 2.31. The van der Waals surface area contributed by atoms with Crippen LogP contribution in [0.4, 0.5) is 9.59 Å². The van der Waals surface area contributed by atoms with Crippen LogP contribution in [0.1, 0.15) is 65.5 Å². The standard InChI is InChI=1S/C23H33N3O5/c1-14(11-25-20(28)30-22(2,3)4)16-9-8-10-17-18(16)24-12-15(19(17)27)13-26-21(29)31-23(5,6)7/h8-10,12,14H,11,13H2,1-7H3,(H,24,27)(H,25,28)(H,26,29). The molecule has 0 aliphatic heterocycles. The van der Waals surface area contributed by atoms with Crippen molar-refractivity contribution in [2.24, 2.45) is 0 Å². The molecule has 31 heavy (non-hydrogen) atoms. The van der Waals surface area contributed by atoms with Gasteiger partial charge in [0.1, 0.15) is 17.0 Å². The molecule has 3 N–H and O–H groups in total. The third kappa shape index (κ3) is 7.31. The largest absolute Gasteiger partial charge is 0.507 e. The SMILES string of the molecule is CC(CNC(=O)OC(C)(C)C)c1cccc2c(O)c(CNC(=O)OC(C)(C)C)cnc12. The summed E-state index contributed by atoms with van der Waals surface area (Å²) in [6, 6.07) is 5.51. The van der Waals surface area contributed by atoms with Crippen molar-refractivity contribution in [2.45, 2.75) is 72.1 Å². The highest BCUT2D eigenvalue weighted by Gasteiger charge is 2.20. The number of fused-ring (bicyclic) bond motifs is 1. The van der Waals surface area contributed by atoms with Gasteiger partial charge < -0.3 is 25.2 Å². The number of alkyl carbamates (subject to hydrolysis) is 2. The third-order valence-electron chi connectivity index (χ3n) is 4.28. The van der Waals surface area contributed by atoms with Crippen molar-refractivity contribution in [3.63, 3.8) is 0 Å². The van der Waals surface area contributed by atoms with Crippen LogP contribution in [0.25, 0.3) is 10.9 Å². The average molecular weight is 432 g/mol. The van der Waals surface area contributed by atoms with E-state index < -0.39 is 23.4 Å². The Bertz CT molecular complexity index is 945. The third-order valence-corrected chi connectivity index (χ3v) is 4.28. The van der Waals surface area contributed by atoms with Gasteiger partial charge in [0.2, 0.25) is 0 Å². The minimum Gasteiger partial charge on any atom is -0.507 e. The molecule has 1 aromatic heterocycles. The molecule has 1 heterocycles. The molecule has 0 saturated carbocycles. The zero-order chi connectivity index (χ0) is 23.4. The molecule has 0 bridgehead atoms. The van der Waals surface area contributed by atoms with E-state index in [0.29, 0.717) is 23.0 Å². The molecule has 170 valence electrons. The zero-order valence-electron chi connectivity index (χ0n) is 19.3. The van der Waals surface area contributed by atoms with Gasteiger partial charge in [-0.05, 0) is 53.2 Å². The Morgan fingerprint density at radius 2 is 1.61 bits per heavy atom. The molecule has 0 radical (unpaired) electrons. The molecule has 2 aromatic rings. The number of aromatic nitrogens is 1. The molecule has 0 aliphatic carbocycles. The van der Waals surface area contributed by atoms with Crippen molar-refractivity contribution < 1.29 is 24.2 Å². The summed E-state index contributed by atoms with van der Waals surface area (Å²) < 4.78 is 10.5. The number of hydrogen-bond donors (Lipinski definition) is 3. The summed E-state index contributed by atoms with van der Waals surface area (Å²) in [4.78, 5) is 28.3. The first-order chi connectivity index (χ1) is 14.3. The first-order valence-corrected chi connectivity index (χ1v) is 10.3. The summed E-state index contributed by atoms with van der Waals surface area (Å²) in [5.41, 5.74) is 0.834. The van der Waals surface area contributed by atoms with Crippen molar-refractivity contribution in [2.75, 3.05) is 6.54 Å². The van der Waals surface area contributed by atoms with Gasteiger partial charge in [-0.25, -0.2) is 9.59 Å². The Kier molecular flexibility index (Phi) is 7.36. The number of ether oxygens (including phenoxy) is 2. The fourth-order valence-electron chi connectivity index (χ4n) is 2.94. The first kappa shape index (κ1) is 24.2. The number of nitrogens with one attached hydrogen (secondary N) is 2. The van der Waals surface area contributed by atoms with Crippen LogP contribution in [0.5, 0.6) is 5.75 Å². The smallest absolute Gasteiger partial charge is 0.407 e. The number of carbonyl (C=O) groups excluding carboxylic acids is 2. The van der Waals surface area contributed by atoms with Gasteiger partial charge in [-0.3, -0.25) is 4.98 Å². The van der Waals surface area contributed by atoms with E-state index in [0.717, 1.165) is 5.56 Å². The van der Waals surface area contributed by atoms with E-state index in [4.69, 9.17) is 9.47 Å². The Balaban J connectivity index is 2.14. The van der Waals surface area contributed by atoms with Crippen molar-refractivity contribution >= 4 is 23.1 Å². The minimum atomic E-state index is -0.605. The second-order valence-corrected chi connectivity index (χ2v) is 9.51. The molecule has 0 saturated heterocycles. The highest BCUT2D eigenvalue weighted by molar-refractivity contribution is 5.88. The molecule has 1 unspecified atom stereocenters. The monoisotopic (exact) mass is 431 g/mol. The molecule has 0 spiro atoms. The molecule has 8 heteroatoms. The van der Waals surface area contributed by atoms with Crippen LogP contribution in [0, 0.1) is 0 Å². The van der Waals surface area contributed by atoms with Gasteiger partial charge in [0.25, 0.3) is 0 Å². The van der Waals surface area contributed by atoms with Crippen molar-refractivity contribution in [3.8, 4) is 5.75 Å². The van der Waals surface area contributed by atoms with Crippen molar-refractivity contribution in [1.29, 1.82) is 0 Å².